The highest BCUT2D eigenvalue weighted by Gasteiger charge is 2.37. The molecular formula is C17H25N3O. The fraction of sp³-hybridized carbons (Fsp3) is 0.588. The van der Waals surface area contributed by atoms with Crippen LogP contribution in [0, 0.1) is 11.3 Å². The molecule has 1 aliphatic carbocycles. The molecule has 1 saturated carbocycles. The summed E-state index contributed by atoms with van der Waals surface area (Å²) in [5.41, 5.74) is 0.489. The van der Waals surface area contributed by atoms with Gasteiger partial charge in [-0.3, -0.25) is 5.32 Å². The van der Waals surface area contributed by atoms with E-state index in [1.54, 1.807) is 7.11 Å². The second-order valence-electron chi connectivity index (χ2n) is 5.85. The van der Waals surface area contributed by atoms with Crippen molar-refractivity contribution >= 4 is 0 Å². The van der Waals surface area contributed by atoms with Crippen LogP contribution in [0.5, 0.6) is 0 Å². The van der Waals surface area contributed by atoms with Crippen LogP contribution >= 0.6 is 0 Å². The van der Waals surface area contributed by atoms with E-state index in [0.29, 0.717) is 6.04 Å². The van der Waals surface area contributed by atoms with Gasteiger partial charge in [0.1, 0.15) is 5.54 Å². The minimum absolute atomic E-state index is 0.495. The van der Waals surface area contributed by atoms with Gasteiger partial charge in [0, 0.05) is 26.2 Å². The summed E-state index contributed by atoms with van der Waals surface area (Å²) in [6.45, 7) is 2.47. The standard InChI is InChI=1S/C17H25N3O/c1-20(12-13-21-2)11-10-17(14-18,19-16-8-9-16)15-6-4-3-5-7-15/h3-7,16,19H,8-13H2,1-2H3. The van der Waals surface area contributed by atoms with Crippen molar-refractivity contribution in [3.63, 3.8) is 0 Å². The quantitative estimate of drug-likeness (QED) is 0.756. The van der Waals surface area contributed by atoms with E-state index < -0.39 is 5.54 Å². The number of hydrogen-bond acceptors (Lipinski definition) is 4. The van der Waals surface area contributed by atoms with Crippen molar-refractivity contribution in [2.75, 3.05) is 33.9 Å². The summed E-state index contributed by atoms with van der Waals surface area (Å²) in [7, 11) is 3.79. The molecule has 1 aromatic carbocycles. The molecule has 0 heterocycles. The van der Waals surface area contributed by atoms with Crippen molar-refractivity contribution in [2.45, 2.75) is 30.8 Å². The van der Waals surface area contributed by atoms with E-state index in [1.165, 1.54) is 12.8 Å². The molecule has 4 heteroatoms. The molecule has 1 unspecified atom stereocenters. The molecule has 0 saturated heterocycles. The first-order valence-electron chi connectivity index (χ1n) is 7.62. The summed E-state index contributed by atoms with van der Waals surface area (Å²) in [4.78, 5) is 2.22. The molecule has 0 spiro atoms. The third-order valence-corrected chi connectivity index (χ3v) is 4.03. The van der Waals surface area contributed by atoms with Gasteiger partial charge in [0.15, 0.2) is 0 Å². The Hall–Kier alpha value is -1.41. The molecular weight excluding hydrogens is 262 g/mol. The van der Waals surface area contributed by atoms with E-state index in [9.17, 15) is 5.26 Å². The van der Waals surface area contributed by atoms with Crippen LogP contribution in [0.15, 0.2) is 30.3 Å². The second kappa shape index (κ2) is 7.56. The Labute approximate surface area is 127 Å². The average molecular weight is 287 g/mol. The van der Waals surface area contributed by atoms with E-state index in [-0.39, 0.29) is 0 Å². The van der Waals surface area contributed by atoms with Crippen molar-refractivity contribution in [3.05, 3.63) is 35.9 Å². The van der Waals surface area contributed by atoms with Crippen LogP contribution in [-0.4, -0.2) is 44.8 Å². The van der Waals surface area contributed by atoms with Gasteiger partial charge in [-0.25, -0.2) is 0 Å². The summed E-state index contributed by atoms with van der Waals surface area (Å²) < 4.78 is 5.11. The van der Waals surface area contributed by atoms with Crippen molar-refractivity contribution in [3.8, 4) is 6.07 Å². The van der Waals surface area contributed by atoms with Crippen molar-refractivity contribution < 1.29 is 4.74 Å². The van der Waals surface area contributed by atoms with Crippen LogP contribution in [0.25, 0.3) is 0 Å². The highest BCUT2D eigenvalue weighted by Crippen LogP contribution is 2.31. The molecule has 0 aliphatic heterocycles. The lowest BCUT2D eigenvalue weighted by molar-refractivity contribution is 0.156. The normalized spacial score (nSPS) is 17.4. The van der Waals surface area contributed by atoms with Crippen LogP contribution < -0.4 is 5.32 Å². The number of benzene rings is 1. The predicted octanol–water partition coefficient (Wildman–Crippen LogP) is 2.13. The number of nitrogens with zero attached hydrogens (tertiary/aromatic N) is 2. The van der Waals surface area contributed by atoms with Gasteiger partial charge in [-0.1, -0.05) is 30.3 Å². The molecule has 1 aromatic rings. The third kappa shape index (κ3) is 4.53. The fourth-order valence-corrected chi connectivity index (χ4v) is 2.47. The van der Waals surface area contributed by atoms with Crippen LogP contribution in [0.4, 0.5) is 0 Å². The summed E-state index contributed by atoms with van der Waals surface area (Å²) in [6.07, 6.45) is 3.13. The van der Waals surface area contributed by atoms with Crippen LogP contribution in [0.2, 0.25) is 0 Å². The fourth-order valence-electron chi connectivity index (χ4n) is 2.47. The summed E-state index contributed by atoms with van der Waals surface area (Å²) in [5, 5.41) is 13.4. The molecule has 0 amide bonds. The molecule has 1 fully saturated rings. The predicted molar refractivity (Wildman–Crippen MR) is 83.9 cm³/mol. The Morgan fingerprint density at radius 3 is 2.62 bits per heavy atom. The Kier molecular flexibility index (Phi) is 5.75. The van der Waals surface area contributed by atoms with Crippen LogP contribution in [-0.2, 0) is 10.3 Å². The number of nitrogens with one attached hydrogen (secondary N) is 1. The smallest absolute Gasteiger partial charge is 0.133 e. The van der Waals surface area contributed by atoms with Gasteiger partial charge in [-0.15, -0.1) is 0 Å². The zero-order valence-electron chi connectivity index (χ0n) is 13.0. The monoisotopic (exact) mass is 287 g/mol. The number of hydrogen-bond donors (Lipinski definition) is 1. The molecule has 21 heavy (non-hydrogen) atoms. The first-order valence-corrected chi connectivity index (χ1v) is 7.62. The lowest BCUT2D eigenvalue weighted by Crippen LogP contribution is -2.45. The lowest BCUT2D eigenvalue weighted by Gasteiger charge is -2.30. The number of methoxy groups -OCH3 is 1. The molecule has 1 aliphatic rings. The molecule has 1 atom stereocenters. The van der Waals surface area contributed by atoms with E-state index in [4.69, 9.17) is 4.74 Å². The highest BCUT2D eigenvalue weighted by molar-refractivity contribution is 5.32. The second-order valence-corrected chi connectivity index (χ2v) is 5.85. The molecule has 2 rings (SSSR count). The molecule has 0 bridgehead atoms. The SMILES string of the molecule is COCCN(C)CCC(C#N)(NC1CC1)c1ccccc1. The zero-order valence-corrected chi connectivity index (χ0v) is 13.0. The maximum Gasteiger partial charge on any atom is 0.133 e. The minimum Gasteiger partial charge on any atom is -0.383 e. The average Bonchev–Trinajstić information content (AvgIpc) is 3.34. The Balaban J connectivity index is 2.06. The molecule has 0 aromatic heterocycles. The van der Waals surface area contributed by atoms with E-state index in [2.05, 4.69) is 23.3 Å². The number of rotatable bonds is 9. The first-order chi connectivity index (χ1) is 10.2. The lowest BCUT2D eigenvalue weighted by atomic mass is 9.87. The largest absolute Gasteiger partial charge is 0.383 e. The molecule has 4 nitrogen and oxygen atoms in total. The van der Waals surface area contributed by atoms with Gasteiger partial charge in [0.25, 0.3) is 0 Å². The van der Waals surface area contributed by atoms with Crippen molar-refractivity contribution in [1.29, 1.82) is 5.26 Å². The van der Waals surface area contributed by atoms with Gasteiger partial charge < -0.3 is 9.64 Å². The van der Waals surface area contributed by atoms with Crippen molar-refractivity contribution in [1.82, 2.24) is 10.2 Å². The molecule has 1 N–H and O–H groups in total. The van der Waals surface area contributed by atoms with E-state index >= 15 is 0 Å². The number of likely N-dealkylation sites (N-methyl/N-ethyl adjacent to an activating group) is 1. The van der Waals surface area contributed by atoms with Crippen LogP contribution in [0.3, 0.4) is 0 Å². The maximum atomic E-state index is 9.84. The molecule has 0 radical (unpaired) electrons. The van der Waals surface area contributed by atoms with Crippen LogP contribution in [0.1, 0.15) is 24.8 Å². The Bertz CT molecular complexity index is 467. The topological polar surface area (TPSA) is 48.3 Å². The van der Waals surface area contributed by atoms with Gasteiger partial charge in [0.05, 0.1) is 12.7 Å². The highest BCUT2D eigenvalue weighted by atomic mass is 16.5. The summed E-state index contributed by atoms with van der Waals surface area (Å²) in [5.74, 6) is 0. The Morgan fingerprint density at radius 1 is 1.33 bits per heavy atom. The Morgan fingerprint density at radius 2 is 2.05 bits per heavy atom. The van der Waals surface area contributed by atoms with Crippen molar-refractivity contribution in [2.24, 2.45) is 0 Å². The van der Waals surface area contributed by atoms with Gasteiger partial charge >= 0.3 is 0 Å². The minimum atomic E-state index is -0.580. The van der Waals surface area contributed by atoms with Gasteiger partial charge in [-0.2, -0.15) is 5.26 Å². The van der Waals surface area contributed by atoms with Gasteiger partial charge in [0.2, 0.25) is 0 Å². The number of nitriles is 1. The zero-order chi connectivity index (χ0) is 15.1. The van der Waals surface area contributed by atoms with E-state index in [1.807, 2.05) is 30.3 Å². The van der Waals surface area contributed by atoms with E-state index in [0.717, 1.165) is 31.7 Å². The summed E-state index contributed by atoms with van der Waals surface area (Å²) in [6, 6.07) is 13.1. The maximum absolute atomic E-state index is 9.84. The third-order valence-electron chi connectivity index (χ3n) is 4.03. The number of ether oxygens (including phenoxy) is 1. The van der Waals surface area contributed by atoms with Gasteiger partial charge in [-0.05, 0) is 31.9 Å². The molecule has 114 valence electrons. The summed E-state index contributed by atoms with van der Waals surface area (Å²) >= 11 is 0. The first kappa shape index (κ1) is 16.0.